The van der Waals surface area contributed by atoms with E-state index in [0.29, 0.717) is 6.54 Å². The van der Waals surface area contributed by atoms with Crippen LogP contribution in [-0.2, 0) is 6.54 Å². The predicted molar refractivity (Wildman–Crippen MR) is 53.6 cm³/mol. The lowest BCUT2D eigenvalue weighted by Gasteiger charge is -1.98. The molecule has 0 aliphatic carbocycles. The molecule has 2 heterocycles. The summed E-state index contributed by atoms with van der Waals surface area (Å²) in [5.74, 6) is 0.857. The number of anilines is 1. The summed E-state index contributed by atoms with van der Waals surface area (Å²) < 4.78 is 6.17. The van der Waals surface area contributed by atoms with Crippen molar-refractivity contribution in [3.63, 3.8) is 0 Å². The molecule has 0 saturated carbocycles. The Morgan fingerprint density at radius 3 is 3.15 bits per heavy atom. The highest BCUT2D eigenvalue weighted by atomic mass is 79.9. The van der Waals surface area contributed by atoms with E-state index >= 15 is 0 Å². The van der Waals surface area contributed by atoms with Gasteiger partial charge in [-0.15, -0.1) is 10.2 Å². The van der Waals surface area contributed by atoms with Gasteiger partial charge in [0.25, 0.3) is 0 Å². The molecule has 0 unspecified atom stereocenters. The van der Waals surface area contributed by atoms with Crippen LogP contribution in [0.2, 0.25) is 0 Å². The van der Waals surface area contributed by atoms with Crippen LogP contribution in [0.1, 0.15) is 5.76 Å². The second-order valence-electron chi connectivity index (χ2n) is 2.29. The molecule has 0 aliphatic rings. The molecule has 0 spiro atoms. The standard InChI is InChI=1S/C7H6BrN3OS/c8-5-1-2-12-6(5)3-9-7-11-10-4-13-7/h1-2,4H,3H2,(H,9,11). The molecule has 0 aliphatic heterocycles. The number of hydrogen-bond donors (Lipinski definition) is 1. The molecule has 2 aromatic heterocycles. The van der Waals surface area contributed by atoms with Gasteiger partial charge in [0.2, 0.25) is 5.13 Å². The summed E-state index contributed by atoms with van der Waals surface area (Å²) in [7, 11) is 0. The Bertz CT molecular complexity index is 373. The van der Waals surface area contributed by atoms with Crippen molar-refractivity contribution < 1.29 is 4.42 Å². The lowest BCUT2D eigenvalue weighted by molar-refractivity contribution is 0.516. The van der Waals surface area contributed by atoms with Gasteiger partial charge in [0, 0.05) is 0 Å². The van der Waals surface area contributed by atoms with Crippen LogP contribution in [0.3, 0.4) is 0 Å². The average molecular weight is 260 g/mol. The second-order valence-corrected chi connectivity index (χ2v) is 3.98. The predicted octanol–water partition coefficient (Wildman–Crippen LogP) is 2.51. The molecule has 0 bridgehead atoms. The summed E-state index contributed by atoms with van der Waals surface area (Å²) >= 11 is 4.82. The molecule has 68 valence electrons. The van der Waals surface area contributed by atoms with Crippen LogP contribution in [0.15, 0.2) is 26.7 Å². The minimum atomic E-state index is 0.614. The number of hydrogen-bond acceptors (Lipinski definition) is 5. The first-order valence-electron chi connectivity index (χ1n) is 3.58. The second kappa shape index (κ2) is 3.89. The van der Waals surface area contributed by atoms with E-state index in [0.717, 1.165) is 15.4 Å². The molecule has 13 heavy (non-hydrogen) atoms. The first-order chi connectivity index (χ1) is 6.36. The third-order valence-corrected chi connectivity index (χ3v) is 2.81. The van der Waals surface area contributed by atoms with E-state index in [1.807, 2.05) is 6.07 Å². The highest BCUT2D eigenvalue weighted by Gasteiger charge is 2.03. The van der Waals surface area contributed by atoms with Crippen LogP contribution in [0.5, 0.6) is 0 Å². The Morgan fingerprint density at radius 2 is 2.54 bits per heavy atom. The average Bonchev–Trinajstić information content (AvgIpc) is 2.72. The zero-order valence-corrected chi connectivity index (χ0v) is 8.93. The Morgan fingerprint density at radius 1 is 1.62 bits per heavy atom. The van der Waals surface area contributed by atoms with Gasteiger partial charge < -0.3 is 9.73 Å². The normalized spacial score (nSPS) is 10.2. The van der Waals surface area contributed by atoms with Crippen molar-refractivity contribution in [3.05, 3.63) is 28.1 Å². The zero-order valence-electron chi connectivity index (χ0n) is 6.53. The third kappa shape index (κ3) is 2.07. The summed E-state index contributed by atoms with van der Waals surface area (Å²) in [6.45, 7) is 0.614. The number of rotatable bonds is 3. The molecule has 1 N–H and O–H groups in total. The molecule has 2 rings (SSSR count). The fourth-order valence-electron chi connectivity index (χ4n) is 0.857. The van der Waals surface area contributed by atoms with E-state index in [4.69, 9.17) is 4.42 Å². The summed E-state index contributed by atoms with van der Waals surface area (Å²) in [4.78, 5) is 0. The Labute approximate surface area is 87.1 Å². The molecule has 0 atom stereocenters. The number of furan rings is 1. The van der Waals surface area contributed by atoms with Gasteiger partial charge >= 0.3 is 0 Å². The molecule has 4 nitrogen and oxygen atoms in total. The molecule has 0 aromatic carbocycles. The van der Waals surface area contributed by atoms with E-state index in [9.17, 15) is 0 Å². The van der Waals surface area contributed by atoms with Crippen molar-refractivity contribution in [2.45, 2.75) is 6.54 Å². The minimum absolute atomic E-state index is 0.614. The summed E-state index contributed by atoms with van der Waals surface area (Å²) in [6, 6.07) is 1.86. The summed E-state index contributed by atoms with van der Waals surface area (Å²) in [5.41, 5.74) is 1.68. The van der Waals surface area contributed by atoms with Crippen molar-refractivity contribution in [1.29, 1.82) is 0 Å². The van der Waals surface area contributed by atoms with Crippen molar-refractivity contribution in [3.8, 4) is 0 Å². The van der Waals surface area contributed by atoms with Gasteiger partial charge in [-0.3, -0.25) is 0 Å². The van der Waals surface area contributed by atoms with Crippen molar-refractivity contribution in [1.82, 2.24) is 10.2 Å². The van der Waals surface area contributed by atoms with Gasteiger partial charge in [-0.05, 0) is 22.0 Å². The molecule has 0 amide bonds. The first kappa shape index (κ1) is 8.71. The summed E-state index contributed by atoms with van der Waals surface area (Å²) in [5, 5.41) is 11.4. The van der Waals surface area contributed by atoms with Crippen LogP contribution in [0.4, 0.5) is 5.13 Å². The van der Waals surface area contributed by atoms with E-state index in [2.05, 4.69) is 31.4 Å². The smallest absolute Gasteiger partial charge is 0.205 e. The van der Waals surface area contributed by atoms with Crippen LogP contribution in [0.25, 0.3) is 0 Å². The zero-order chi connectivity index (χ0) is 9.10. The van der Waals surface area contributed by atoms with Crippen molar-refractivity contribution in [2.75, 3.05) is 5.32 Å². The number of aromatic nitrogens is 2. The van der Waals surface area contributed by atoms with Gasteiger partial charge in [-0.2, -0.15) is 0 Å². The van der Waals surface area contributed by atoms with Gasteiger partial charge in [0.15, 0.2) is 0 Å². The topological polar surface area (TPSA) is 51.0 Å². The highest BCUT2D eigenvalue weighted by molar-refractivity contribution is 9.10. The minimum Gasteiger partial charge on any atom is -0.466 e. The third-order valence-electron chi connectivity index (χ3n) is 1.45. The quantitative estimate of drug-likeness (QED) is 0.921. The Kier molecular flexibility index (Phi) is 2.60. The Balaban J connectivity index is 1.97. The van der Waals surface area contributed by atoms with Crippen LogP contribution in [0, 0.1) is 0 Å². The number of nitrogens with zero attached hydrogens (tertiary/aromatic N) is 2. The maximum absolute atomic E-state index is 5.21. The van der Waals surface area contributed by atoms with Gasteiger partial charge in [0.1, 0.15) is 11.3 Å². The van der Waals surface area contributed by atoms with Gasteiger partial charge in [-0.25, -0.2) is 0 Å². The largest absolute Gasteiger partial charge is 0.466 e. The molecule has 2 aromatic rings. The SMILES string of the molecule is Brc1ccoc1CNc1nncs1. The van der Waals surface area contributed by atoms with Gasteiger partial charge in [0.05, 0.1) is 17.3 Å². The monoisotopic (exact) mass is 259 g/mol. The highest BCUT2D eigenvalue weighted by Crippen LogP contribution is 2.19. The van der Waals surface area contributed by atoms with E-state index in [1.165, 1.54) is 11.3 Å². The fourth-order valence-corrected chi connectivity index (χ4v) is 1.64. The number of nitrogens with one attached hydrogen (secondary N) is 1. The number of halogens is 1. The molecule has 6 heteroatoms. The molecular formula is C7H6BrN3OS. The molecule has 0 fully saturated rings. The van der Waals surface area contributed by atoms with Gasteiger partial charge in [-0.1, -0.05) is 11.3 Å². The van der Waals surface area contributed by atoms with Crippen molar-refractivity contribution in [2.24, 2.45) is 0 Å². The maximum atomic E-state index is 5.21. The van der Waals surface area contributed by atoms with E-state index < -0.39 is 0 Å². The van der Waals surface area contributed by atoms with Crippen LogP contribution in [-0.4, -0.2) is 10.2 Å². The fraction of sp³-hybridized carbons (Fsp3) is 0.143. The Hall–Kier alpha value is -0.880. The first-order valence-corrected chi connectivity index (χ1v) is 5.25. The lowest BCUT2D eigenvalue weighted by Crippen LogP contribution is -1.97. The summed E-state index contributed by atoms with van der Waals surface area (Å²) in [6.07, 6.45) is 1.64. The van der Waals surface area contributed by atoms with Crippen LogP contribution >= 0.6 is 27.3 Å². The van der Waals surface area contributed by atoms with E-state index in [1.54, 1.807) is 11.8 Å². The maximum Gasteiger partial charge on any atom is 0.205 e. The molecular weight excluding hydrogens is 254 g/mol. The van der Waals surface area contributed by atoms with Crippen LogP contribution < -0.4 is 5.32 Å². The molecule has 0 saturated heterocycles. The van der Waals surface area contributed by atoms with Crippen molar-refractivity contribution >= 4 is 32.4 Å². The lowest BCUT2D eigenvalue weighted by atomic mass is 10.4. The molecule has 0 radical (unpaired) electrons. The van der Waals surface area contributed by atoms with E-state index in [-0.39, 0.29) is 0 Å².